The van der Waals surface area contributed by atoms with Crippen LogP contribution in [0, 0.1) is 0 Å². The standard InChI is InChI=1S/C24H27F3N6O4/c25-24(26,27)37-19-8-16(7-17(9-19)14-34)11-28-3-1-2-5-35-6-4-29-23-20-13-30-33-22(20)10-21(32-23)18-12-31-36-15-18/h7-10,12-13,15,28,34H,1-6,11,14H2,(H,29,32)(H,30,33). The summed E-state index contributed by atoms with van der Waals surface area (Å²) in [5, 5.41) is 27.3. The molecule has 0 aliphatic rings. The molecule has 37 heavy (non-hydrogen) atoms. The molecule has 13 heteroatoms. The van der Waals surface area contributed by atoms with Gasteiger partial charge in [-0.2, -0.15) is 5.10 Å². The molecular weight excluding hydrogens is 493 g/mol. The average molecular weight is 521 g/mol. The molecule has 4 N–H and O–H groups in total. The Morgan fingerprint density at radius 1 is 1.03 bits per heavy atom. The fourth-order valence-corrected chi connectivity index (χ4v) is 3.70. The number of aromatic nitrogens is 4. The lowest BCUT2D eigenvalue weighted by atomic mass is 10.1. The number of nitrogens with zero attached hydrogens (tertiary/aromatic N) is 3. The number of rotatable bonds is 14. The molecule has 0 amide bonds. The Morgan fingerprint density at radius 2 is 1.89 bits per heavy atom. The number of nitrogens with one attached hydrogen (secondary N) is 3. The third kappa shape index (κ3) is 7.90. The summed E-state index contributed by atoms with van der Waals surface area (Å²) in [7, 11) is 0. The maximum atomic E-state index is 12.5. The summed E-state index contributed by atoms with van der Waals surface area (Å²) in [6.45, 7) is 2.27. The minimum atomic E-state index is -4.78. The van der Waals surface area contributed by atoms with E-state index in [4.69, 9.17) is 9.26 Å². The zero-order chi connectivity index (χ0) is 26.1. The molecule has 4 rings (SSSR count). The maximum Gasteiger partial charge on any atom is 0.573 e. The maximum absolute atomic E-state index is 12.5. The Balaban J connectivity index is 1.13. The molecule has 3 heterocycles. The summed E-state index contributed by atoms with van der Waals surface area (Å²) in [4.78, 5) is 4.63. The van der Waals surface area contributed by atoms with E-state index in [1.807, 2.05) is 6.07 Å². The number of hydrogen-bond acceptors (Lipinski definition) is 9. The third-order valence-electron chi connectivity index (χ3n) is 5.37. The van der Waals surface area contributed by atoms with E-state index in [9.17, 15) is 18.3 Å². The van der Waals surface area contributed by atoms with Crippen LogP contribution in [0.2, 0.25) is 0 Å². The lowest BCUT2D eigenvalue weighted by Crippen LogP contribution is -2.18. The van der Waals surface area contributed by atoms with Crippen LogP contribution in [0.3, 0.4) is 0 Å². The number of fused-ring (bicyclic) bond motifs is 1. The number of halogens is 3. The van der Waals surface area contributed by atoms with Gasteiger partial charge in [-0.3, -0.25) is 5.10 Å². The molecule has 10 nitrogen and oxygen atoms in total. The van der Waals surface area contributed by atoms with Crippen molar-refractivity contribution in [3.8, 4) is 17.0 Å². The minimum absolute atomic E-state index is 0.341. The number of aliphatic hydroxyl groups excluding tert-OH is 1. The van der Waals surface area contributed by atoms with Crippen LogP contribution in [-0.4, -0.2) is 58.1 Å². The quantitative estimate of drug-likeness (QED) is 0.182. The molecular formula is C24H27F3N6O4. The van der Waals surface area contributed by atoms with E-state index >= 15 is 0 Å². The fraction of sp³-hybridized carbons (Fsp3) is 0.375. The molecule has 0 spiro atoms. The zero-order valence-corrected chi connectivity index (χ0v) is 19.8. The first kappa shape index (κ1) is 26.4. The first-order valence-corrected chi connectivity index (χ1v) is 11.7. The summed E-state index contributed by atoms with van der Waals surface area (Å²) in [5.41, 5.74) is 3.27. The van der Waals surface area contributed by atoms with Gasteiger partial charge < -0.3 is 29.7 Å². The molecule has 0 unspecified atom stereocenters. The van der Waals surface area contributed by atoms with Gasteiger partial charge in [-0.1, -0.05) is 11.2 Å². The van der Waals surface area contributed by atoms with Gasteiger partial charge in [0.1, 0.15) is 17.8 Å². The van der Waals surface area contributed by atoms with E-state index in [0.29, 0.717) is 55.5 Å². The van der Waals surface area contributed by atoms with Gasteiger partial charge >= 0.3 is 6.36 Å². The zero-order valence-electron chi connectivity index (χ0n) is 19.8. The average Bonchev–Trinajstić information content (AvgIpc) is 3.56. The van der Waals surface area contributed by atoms with Gasteiger partial charge in [-0.25, -0.2) is 4.98 Å². The molecule has 0 bridgehead atoms. The van der Waals surface area contributed by atoms with Gasteiger partial charge in [0, 0.05) is 19.7 Å². The summed E-state index contributed by atoms with van der Waals surface area (Å²) in [6.07, 6.45) is 1.70. The first-order chi connectivity index (χ1) is 17.9. The number of aliphatic hydroxyl groups is 1. The number of alkyl halides is 3. The van der Waals surface area contributed by atoms with Crippen molar-refractivity contribution in [2.24, 2.45) is 0 Å². The van der Waals surface area contributed by atoms with Crippen LogP contribution in [0.5, 0.6) is 5.75 Å². The predicted molar refractivity (Wildman–Crippen MR) is 129 cm³/mol. The van der Waals surface area contributed by atoms with Gasteiger partial charge in [-0.15, -0.1) is 13.2 Å². The molecule has 0 saturated heterocycles. The van der Waals surface area contributed by atoms with Gasteiger partial charge in [0.05, 0.1) is 47.8 Å². The normalized spacial score (nSPS) is 11.8. The second kappa shape index (κ2) is 12.5. The van der Waals surface area contributed by atoms with Crippen LogP contribution >= 0.6 is 0 Å². The minimum Gasteiger partial charge on any atom is -0.406 e. The van der Waals surface area contributed by atoms with Gasteiger partial charge in [0.2, 0.25) is 0 Å². The number of anilines is 1. The molecule has 4 aromatic rings. The predicted octanol–water partition coefficient (Wildman–Crippen LogP) is 4.00. The number of H-pyrrole nitrogens is 1. The Hall–Kier alpha value is -3.68. The van der Waals surface area contributed by atoms with E-state index in [1.54, 1.807) is 18.5 Å². The van der Waals surface area contributed by atoms with E-state index in [1.165, 1.54) is 18.4 Å². The number of unbranched alkanes of at least 4 members (excludes halogenated alkanes) is 1. The molecule has 0 aliphatic carbocycles. The number of hydrogen-bond donors (Lipinski definition) is 4. The molecule has 0 radical (unpaired) electrons. The van der Waals surface area contributed by atoms with Gasteiger partial charge in [-0.05, 0) is 48.7 Å². The van der Waals surface area contributed by atoms with Crippen molar-refractivity contribution in [2.75, 3.05) is 31.6 Å². The highest BCUT2D eigenvalue weighted by Gasteiger charge is 2.31. The number of aromatic amines is 1. The molecule has 0 saturated carbocycles. The van der Waals surface area contributed by atoms with Crippen molar-refractivity contribution in [3.05, 3.63) is 54.0 Å². The van der Waals surface area contributed by atoms with Crippen LogP contribution in [0.4, 0.5) is 19.0 Å². The largest absolute Gasteiger partial charge is 0.573 e. The first-order valence-electron chi connectivity index (χ1n) is 11.7. The molecule has 0 aliphatic heterocycles. The van der Waals surface area contributed by atoms with Crippen molar-refractivity contribution in [2.45, 2.75) is 32.4 Å². The summed E-state index contributed by atoms with van der Waals surface area (Å²) in [5.74, 6) is 0.344. The van der Waals surface area contributed by atoms with Crippen LogP contribution in [0.25, 0.3) is 22.2 Å². The summed E-state index contributed by atoms with van der Waals surface area (Å²) in [6, 6.07) is 6.00. The molecule has 0 atom stereocenters. The van der Waals surface area contributed by atoms with Crippen LogP contribution in [0.15, 0.2) is 47.4 Å². The molecule has 1 aromatic carbocycles. The molecule has 0 fully saturated rings. The highest BCUT2D eigenvalue weighted by Crippen LogP contribution is 2.27. The second-order valence-corrected chi connectivity index (χ2v) is 8.21. The Kier molecular flexibility index (Phi) is 8.93. The van der Waals surface area contributed by atoms with Crippen LogP contribution in [0.1, 0.15) is 24.0 Å². The van der Waals surface area contributed by atoms with E-state index in [2.05, 4.69) is 35.7 Å². The van der Waals surface area contributed by atoms with Gasteiger partial charge in [0.25, 0.3) is 0 Å². The van der Waals surface area contributed by atoms with Crippen molar-refractivity contribution in [3.63, 3.8) is 0 Å². The highest BCUT2D eigenvalue weighted by atomic mass is 19.4. The number of ether oxygens (including phenoxy) is 2. The Labute approximate surface area is 210 Å². The second-order valence-electron chi connectivity index (χ2n) is 8.21. The van der Waals surface area contributed by atoms with Crippen molar-refractivity contribution in [1.29, 1.82) is 0 Å². The monoisotopic (exact) mass is 520 g/mol. The van der Waals surface area contributed by atoms with Crippen LogP contribution < -0.4 is 15.4 Å². The molecule has 198 valence electrons. The van der Waals surface area contributed by atoms with Crippen molar-refractivity contribution in [1.82, 2.24) is 25.7 Å². The third-order valence-corrected chi connectivity index (χ3v) is 5.37. The Bertz CT molecular complexity index is 1260. The fourth-order valence-electron chi connectivity index (χ4n) is 3.70. The van der Waals surface area contributed by atoms with E-state index in [-0.39, 0.29) is 12.4 Å². The Morgan fingerprint density at radius 3 is 2.68 bits per heavy atom. The number of pyridine rings is 1. The van der Waals surface area contributed by atoms with Crippen molar-refractivity contribution >= 4 is 16.7 Å². The lowest BCUT2D eigenvalue weighted by molar-refractivity contribution is -0.274. The van der Waals surface area contributed by atoms with E-state index in [0.717, 1.165) is 29.3 Å². The lowest BCUT2D eigenvalue weighted by Gasteiger charge is -2.12. The topological polar surface area (TPSA) is 130 Å². The van der Waals surface area contributed by atoms with E-state index < -0.39 is 6.36 Å². The highest BCUT2D eigenvalue weighted by molar-refractivity contribution is 5.91. The van der Waals surface area contributed by atoms with Crippen LogP contribution in [-0.2, 0) is 17.9 Å². The molecule has 3 aromatic heterocycles. The van der Waals surface area contributed by atoms with Crippen molar-refractivity contribution < 1.29 is 32.3 Å². The smallest absolute Gasteiger partial charge is 0.406 e. The number of benzene rings is 1. The van der Waals surface area contributed by atoms with Gasteiger partial charge in [0.15, 0.2) is 0 Å². The SMILES string of the molecule is OCc1cc(CNCCCCOCCNc2nc(-c3cnoc3)cc3[nH]ncc23)cc(OC(F)(F)F)c1. The summed E-state index contributed by atoms with van der Waals surface area (Å²) < 4.78 is 52.0. The summed E-state index contributed by atoms with van der Waals surface area (Å²) >= 11 is 0.